The van der Waals surface area contributed by atoms with Crippen molar-refractivity contribution < 1.29 is 19.3 Å². The first-order valence-corrected chi connectivity index (χ1v) is 7.56. The Morgan fingerprint density at radius 3 is 2.17 bits per heavy atom. The smallest absolute Gasteiger partial charge is 0.161 e. The zero-order valence-electron chi connectivity index (χ0n) is 14.4. The number of methoxy groups -OCH3 is 3. The molecule has 5 nitrogen and oxygen atoms in total. The Balaban J connectivity index is 2.38. The Hall–Kier alpha value is -2.66. The third kappa shape index (κ3) is 3.81. The van der Waals surface area contributed by atoms with Gasteiger partial charge < -0.3 is 24.6 Å². The number of nitrogens with one attached hydrogen (secondary N) is 1. The third-order valence-corrected chi connectivity index (χ3v) is 3.74. The Kier molecular flexibility index (Phi) is 6.09. The van der Waals surface area contributed by atoms with E-state index in [9.17, 15) is 5.11 Å². The van der Waals surface area contributed by atoms with E-state index in [0.29, 0.717) is 17.1 Å². The topological polar surface area (TPSA) is 60.0 Å². The molecule has 24 heavy (non-hydrogen) atoms. The molecule has 0 aliphatic heterocycles. The molecule has 2 N–H and O–H groups in total. The molecular formula is C19H23NO4. The van der Waals surface area contributed by atoms with Crippen LogP contribution < -0.4 is 19.5 Å². The molecule has 5 heteroatoms. The van der Waals surface area contributed by atoms with Gasteiger partial charge in [0.05, 0.1) is 21.3 Å². The summed E-state index contributed by atoms with van der Waals surface area (Å²) in [7, 11) is 6.57. The summed E-state index contributed by atoms with van der Waals surface area (Å²) in [6.45, 7) is 0. The van der Waals surface area contributed by atoms with Gasteiger partial charge in [-0.3, -0.25) is 0 Å². The highest BCUT2D eigenvalue weighted by Gasteiger charge is 2.17. The zero-order chi connectivity index (χ0) is 17.5. The quantitative estimate of drug-likeness (QED) is 0.818. The van der Waals surface area contributed by atoms with E-state index in [-0.39, 0.29) is 0 Å². The minimum Gasteiger partial charge on any atom is -0.497 e. The molecule has 2 rings (SSSR count). The Labute approximate surface area is 142 Å². The zero-order valence-corrected chi connectivity index (χ0v) is 14.4. The number of hydrogen-bond acceptors (Lipinski definition) is 5. The van der Waals surface area contributed by atoms with Gasteiger partial charge >= 0.3 is 0 Å². The number of aliphatic hydroxyl groups excluding tert-OH is 1. The van der Waals surface area contributed by atoms with Gasteiger partial charge in [0.1, 0.15) is 11.9 Å². The molecule has 2 aromatic rings. The average molecular weight is 329 g/mol. The average Bonchev–Trinajstić information content (AvgIpc) is 2.65. The maximum Gasteiger partial charge on any atom is 0.161 e. The van der Waals surface area contributed by atoms with E-state index in [1.54, 1.807) is 46.7 Å². The fourth-order valence-corrected chi connectivity index (χ4v) is 2.46. The maximum atomic E-state index is 10.8. The Morgan fingerprint density at radius 1 is 0.958 bits per heavy atom. The largest absolute Gasteiger partial charge is 0.497 e. The molecule has 0 saturated carbocycles. The Bertz CT molecular complexity index is 695. The summed E-state index contributed by atoms with van der Waals surface area (Å²) in [6.07, 6.45) is 0.967. The summed E-state index contributed by atoms with van der Waals surface area (Å²) in [4.78, 5) is 0. The van der Waals surface area contributed by atoms with Crippen LogP contribution in [0.3, 0.4) is 0 Å². The molecule has 0 aromatic heterocycles. The van der Waals surface area contributed by atoms with Crippen LogP contribution in [0.5, 0.6) is 17.2 Å². The lowest BCUT2D eigenvalue weighted by atomic mass is 9.95. The lowest BCUT2D eigenvalue weighted by molar-refractivity contribution is 0.237. The number of rotatable bonds is 7. The first-order chi connectivity index (χ1) is 11.6. The van der Waals surface area contributed by atoms with Crippen LogP contribution in [0.15, 0.2) is 48.7 Å². The van der Waals surface area contributed by atoms with Crippen molar-refractivity contribution in [2.24, 2.45) is 0 Å². The molecule has 0 aliphatic rings. The highest BCUT2D eigenvalue weighted by Crippen LogP contribution is 2.35. The summed E-state index contributed by atoms with van der Waals surface area (Å²) in [5.41, 5.74) is 2.35. The number of benzene rings is 2. The molecule has 0 fully saturated rings. The van der Waals surface area contributed by atoms with Crippen LogP contribution in [0.4, 0.5) is 0 Å². The van der Waals surface area contributed by atoms with Gasteiger partial charge in [-0.1, -0.05) is 18.2 Å². The lowest BCUT2D eigenvalue weighted by Gasteiger charge is -2.18. The van der Waals surface area contributed by atoms with Gasteiger partial charge in [-0.05, 0) is 35.4 Å². The van der Waals surface area contributed by atoms with Crippen LogP contribution in [-0.2, 0) is 0 Å². The van der Waals surface area contributed by atoms with Crippen LogP contribution in [0.1, 0.15) is 17.2 Å². The highest BCUT2D eigenvalue weighted by atomic mass is 16.5. The Morgan fingerprint density at radius 2 is 1.62 bits per heavy atom. The second kappa shape index (κ2) is 8.26. The van der Waals surface area contributed by atoms with Gasteiger partial charge in [-0.2, -0.15) is 0 Å². The van der Waals surface area contributed by atoms with Crippen molar-refractivity contribution in [3.8, 4) is 17.2 Å². The molecule has 0 aliphatic carbocycles. The van der Waals surface area contributed by atoms with Gasteiger partial charge in [0.25, 0.3) is 0 Å². The van der Waals surface area contributed by atoms with Crippen LogP contribution in [0.25, 0.3) is 5.57 Å². The van der Waals surface area contributed by atoms with Crippen molar-refractivity contribution in [3.05, 3.63) is 59.8 Å². The predicted molar refractivity (Wildman–Crippen MR) is 94.5 cm³/mol. The van der Waals surface area contributed by atoms with Crippen LogP contribution in [0, 0.1) is 0 Å². The van der Waals surface area contributed by atoms with Crippen molar-refractivity contribution >= 4 is 5.57 Å². The number of aliphatic hydroxyl groups is 1. The van der Waals surface area contributed by atoms with Gasteiger partial charge in [-0.15, -0.1) is 0 Å². The molecule has 128 valence electrons. The van der Waals surface area contributed by atoms with Gasteiger partial charge in [0.2, 0.25) is 0 Å². The molecule has 0 spiro atoms. The minimum absolute atomic E-state index is 0.576. The highest BCUT2D eigenvalue weighted by molar-refractivity contribution is 5.71. The van der Waals surface area contributed by atoms with E-state index in [2.05, 4.69) is 5.32 Å². The molecule has 0 saturated heterocycles. The van der Waals surface area contributed by atoms with Crippen LogP contribution >= 0.6 is 0 Å². The van der Waals surface area contributed by atoms with E-state index in [0.717, 1.165) is 16.9 Å². The normalized spacial score (nSPS) is 12.5. The van der Waals surface area contributed by atoms with E-state index in [1.807, 2.05) is 30.3 Å². The van der Waals surface area contributed by atoms with E-state index >= 15 is 0 Å². The van der Waals surface area contributed by atoms with Crippen LogP contribution in [-0.4, -0.2) is 33.5 Å². The monoisotopic (exact) mass is 329 g/mol. The van der Waals surface area contributed by atoms with Crippen LogP contribution in [0.2, 0.25) is 0 Å². The molecule has 0 amide bonds. The fraction of sp³-hybridized carbons (Fsp3) is 0.263. The summed E-state index contributed by atoms with van der Waals surface area (Å²) in [5.74, 6) is 1.97. The van der Waals surface area contributed by atoms with E-state index in [4.69, 9.17) is 14.2 Å². The summed E-state index contributed by atoms with van der Waals surface area (Å²) < 4.78 is 15.7. The van der Waals surface area contributed by atoms with Crippen molar-refractivity contribution in [2.45, 2.75) is 6.10 Å². The summed E-state index contributed by atoms with van der Waals surface area (Å²) >= 11 is 0. The second-order valence-corrected chi connectivity index (χ2v) is 5.13. The lowest BCUT2D eigenvalue weighted by Crippen LogP contribution is -2.06. The molecular weight excluding hydrogens is 306 g/mol. The first-order valence-electron chi connectivity index (χ1n) is 7.56. The minimum atomic E-state index is -0.814. The van der Waals surface area contributed by atoms with Crippen molar-refractivity contribution in [1.29, 1.82) is 0 Å². The molecule has 0 bridgehead atoms. The van der Waals surface area contributed by atoms with Crippen molar-refractivity contribution in [3.63, 3.8) is 0 Å². The standard InChI is InChI=1S/C19H23NO4/c1-20-12-16(13-5-8-15(22-2)9-6-13)19(21)14-7-10-17(23-3)18(11-14)24-4/h5-12,19-21H,1-4H3/b16-12-/t19-/m0/s1. The molecule has 0 radical (unpaired) electrons. The van der Waals surface area contributed by atoms with Crippen molar-refractivity contribution in [1.82, 2.24) is 5.32 Å². The van der Waals surface area contributed by atoms with Gasteiger partial charge in [0.15, 0.2) is 11.5 Å². The maximum absolute atomic E-state index is 10.8. The van der Waals surface area contributed by atoms with E-state index < -0.39 is 6.10 Å². The first kappa shape index (κ1) is 17.7. The van der Waals surface area contributed by atoms with Gasteiger partial charge in [0, 0.05) is 18.8 Å². The number of ether oxygens (including phenoxy) is 3. The summed E-state index contributed by atoms with van der Waals surface area (Å²) in [6, 6.07) is 12.9. The predicted octanol–water partition coefficient (Wildman–Crippen LogP) is 3.01. The molecule has 0 unspecified atom stereocenters. The van der Waals surface area contributed by atoms with E-state index in [1.165, 1.54) is 0 Å². The third-order valence-electron chi connectivity index (χ3n) is 3.74. The molecule has 2 aromatic carbocycles. The summed E-state index contributed by atoms with van der Waals surface area (Å²) in [5, 5.41) is 13.8. The molecule has 0 heterocycles. The van der Waals surface area contributed by atoms with Crippen molar-refractivity contribution in [2.75, 3.05) is 28.4 Å². The molecule has 1 atom stereocenters. The number of hydrogen-bond donors (Lipinski definition) is 2. The SMILES string of the molecule is CN/C=C(/c1ccc(OC)cc1)[C@@H](O)c1ccc(OC)c(OC)c1. The fourth-order valence-electron chi connectivity index (χ4n) is 2.46. The second-order valence-electron chi connectivity index (χ2n) is 5.13. The van der Waals surface area contributed by atoms with Gasteiger partial charge in [-0.25, -0.2) is 0 Å².